The van der Waals surface area contributed by atoms with Crippen LogP contribution in [0.15, 0.2) is 100 Å². The molecule has 3 aromatic rings. The van der Waals surface area contributed by atoms with Crippen molar-refractivity contribution in [2.75, 3.05) is 0 Å². The first kappa shape index (κ1) is 24.0. The lowest BCUT2D eigenvalue weighted by Gasteiger charge is -2.22. The number of ether oxygens (including phenoxy) is 1. The number of aryl methyl sites for hydroxylation is 1. The summed E-state index contributed by atoms with van der Waals surface area (Å²) in [4.78, 5) is 12.3. The lowest BCUT2D eigenvalue weighted by Crippen LogP contribution is -2.22. The van der Waals surface area contributed by atoms with E-state index < -0.39 is 21.9 Å². The van der Waals surface area contributed by atoms with Gasteiger partial charge >= 0.3 is 0 Å². The summed E-state index contributed by atoms with van der Waals surface area (Å²) in [6.07, 6.45) is 0.827. The number of allylic oxidation sites excluding steroid dienone is 1. The first-order valence-corrected chi connectivity index (χ1v) is 12.8. The van der Waals surface area contributed by atoms with E-state index in [1.54, 1.807) is 43.3 Å². The fraction of sp³-hybridized carbons (Fsp3) is 0.179. The van der Waals surface area contributed by atoms with E-state index in [4.69, 9.17) is 16.3 Å². The summed E-state index contributed by atoms with van der Waals surface area (Å²) in [5.74, 6) is -0.496. The van der Waals surface area contributed by atoms with E-state index in [2.05, 4.69) is 0 Å². The Kier molecular flexibility index (Phi) is 6.78. The zero-order valence-electron chi connectivity index (χ0n) is 19.2. The third kappa shape index (κ3) is 4.72. The SMILES string of the molecule is CC(=O)/C=C(\C)[C@H]1OC(c2ccccc2)=C(S(=O)(=O)c2ccc(C)cc2)[C@@H]1c1ccc(Cl)cc1. The van der Waals surface area contributed by atoms with E-state index in [0.717, 1.165) is 11.1 Å². The topological polar surface area (TPSA) is 60.4 Å². The number of hydrogen-bond acceptors (Lipinski definition) is 4. The van der Waals surface area contributed by atoms with Gasteiger partial charge in [-0.3, -0.25) is 4.79 Å². The molecule has 0 saturated heterocycles. The van der Waals surface area contributed by atoms with Gasteiger partial charge in [0.1, 0.15) is 16.8 Å². The number of carbonyl (C=O) groups is 1. The quantitative estimate of drug-likeness (QED) is 0.368. The van der Waals surface area contributed by atoms with Crippen LogP contribution in [0.4, 0.5) is 0 Å². The van der Waals surface area contributed by atoms with Crippen LogP contribution >= 0.6 is 11.6 Å². The summed E-state index contributed by atoms with van der Waals surface area (Å²) in [5, 5.41) is 0.547. The average molecular weight is 493 g/mol. The van der Waals surface area contributed by atoms with E-state index in [1.807, 2.05) is 49.4 Å². The highest BCUT2D eigenvalue weighted by Crippen LogP contribution is 2.49. The summed E-state index contributed by atoms with van der Waals surface area (Å²) in [6.45, 7) is 5.16. The van der Waals surface area contributed by atoms with Gasteiger partial charge in [0.25, 0.3) is 0 Å². The number of ketones is 1. The van der Waals surface area contributed by atoms with Gasteiger partial charge in [0.15, 0.2) is 5.78 Å². The second-order valence-corrected chi connectivity index (χ2v) is 10.8. The summed E-state index contributed by atoms with van der Waals surface area (Å²) in [7, 11) is -3.95. The van der Waals surface area contributed by atoms with Gasteiger partial charge in [-0.05, 0) is 62.2 Å². The minimum Gasteiger partial charge on any atom is -0.483 e. The van der Waals surface area contributed by atoms with Crippen molar-refractivity contribution < 1.29 is 17.9 Å². The summed E-state index contributed by atoms with van der Waals surface area (Å²) in [6, 6.07) is 23.1. The highest BCUT2D eigenvalue weighted by molar-refractivity contribution is 7.95. The standard InChI is InChI=1S/C28H25ClO4S/c1-18-9-15-24(16-10-18)34(31,32)28-25(21-11-13-23(29)14-12-21)26(19(2)17-20(3)30)33-27(28)22-7-5-4-6-8-22/h4-17,25-26H,1-3H3/b19-17+/t25-,26-/m1/s1. The van der Waals surface area contributed by atoms with Crippen molar-refractivity contribution >= 4 is 33.0 Å². The van der Waals surface area contributed by atoms with E-state index in [1.165, 1.54) is 13.0 Å². The maximum Gasteiger partial charge on any atom is 0.207 e. The first-order chi connectivity index (χ1) is 16.2. The van der Waals surface area contributed by atoms with Gasteiger partial charge in [0.2, 0.25) is 9.84 Å². The van der Waals surface area contributed by atoms with Gasteiger partial charge < -0.3 is 4.74 Å². The molecule has 0 spiro atoms. The van der Waals surface area contributed by atoms with Gasteiger partial charge in [0.05, 0.1) is 10.8 Å². The zero-order chi connectivity index (χ0) is 24.5. The van der Waals surface area contributed by atoms with Crippen LogP contribution in [0.25, 0.3) is 5.76 Å². The molecule has 0 saturated carbocycles. The van der Waals surface area contributed by atoms with Crippen molar-refractivity contribution in [3.63, 3.8) is 0 Å². The third-order valence-electron chi connectivity index (χ3n) is 5.82. The molecule has 1 aliphatic rings. The number of hydrogen-bond donors (Lipinski definition) is 0. The van der Waals surface area contributed by atoms with Gasteiger partial charge in [-0.2, -0.15) is 0 Å². The molecule has 4 nitrogen and oxygen atoms in total. The van der Waals surface area contributed by atoms with Crippen molar-refractivity contribution in [3.05, 3.63) is 117 Å². The number of rotatable bonds is 6. The molecule has 0 aromatic heterocycles. The Morgan fingerprint density at radius 1 is 0.912 bits per heavy atom. The minimum atomic E-state index is -3.95. The van der Waals surface area contributed by atoms with Crippen LogP contribution in [0.3, 0.4) is 0 Å². The van der Waals surface area contributed by atoms with Crippen molar-refractivity contribution in [2.45, 2.75) is 37.7 Å². The third-order valence-corrected chi connectivity index (χ3v) is 7.98. The largest absolute Gasteiger partial charge is 0.483 e. The Morgan fingerprint density at radius 2 is 1.53 bits per heavy atom. The predicted molar refractivity (Wildman–Crippen MR) is 135 cm³/mol. The molecule has 0 radical (unpaired) electrons. The number of carbonyl (C=O) groups excluding carboxylic acids is 1. The van der Waals surface area contributed by atoms with Crippen LogP contribution in [-0.2, 0) is 19.4 Å². The van der Waals surface area contributed by atoms with Crippen LogP contribution in [-0.4, -0.2) is 20.3 Å². The van der Waals surface area contributed by atoms with E-state index in [-0.39, 0.29) is 15.6 Å². The van der Waals surface area contributed by atoms with Crippen molar-refractivity contribution in [3.8, 4) is 0 Å². The van der Waals surface area contributed by atoms with Crippen molar-refractivity contribution in [2.24, 2.45) is 0 Å². The molecule has 1 aliphatic heterocycles. The highest BCUT2D eigenvalue weighted by Gasteiger charge is 2.45. The molecular formula is C28H25ClO4S. The molecule has 4 rings (SSSR count). The Morgan fingerprint density at radius 3 is 2.12 bits per heavy atom. The Balaban J connectivity index is 2.01. The first-order valence-electron chi connectivity index (χ1n) is 10.9. The second-order valence-electron chi connectivity index (χ2n) is 8.44. The summed E-state index contributed by atoms with van der Waals surface area (Å²) < 4.78 is 34.6. The fourth-order valence-electron chi connectivity index (χ4n) is 4.22. The van der Waals surface area contributed by atoms with Crippen LogP contribution in [0.1, 0.15) is 36.5 Å². The number of benzene rings is 3. The Hall–Kier alpha value is -3.15. The molecule has 0 amide bonds. The molecule has 6 heteroatoms. The molecule has 0 aliphatic carbocycles. The minimum absolute atomic E-state index is 0.132. The van der Waals surface area contributed by atoms with E-state index in [9.17, 15) is 13.2 Å². The van der Waals surface area contributed by atoms with Gasteiger partial charge in [-0.25, -0.2) is 8.42 Å². The molecular weight excluding hydrogens is 468 g/mol. The molecule has 2 atom stereocenters. The van der Waals surface area contributed by atoms with Crippen molar-refractivity contribution in [1.29, 1.82) is 0 Å². The second kappa shape index (κ2) is 9.61. The Bertz CT molecular complexity index is 1370. The predicted octanol–water partition coefficient (Wildman–Crippen LogP) is 6.51. The van der Waals surface area contributed by atoms with Crippen LogP contribution < -0.4 is 0 Å². The molecule has 34 heavy (non-hydrogen) atoms. The zero-order valence-corrected chi connectivity index (χ0v) is 20.7. The lowest BCUT2D eigenvalue weighted by atomic mass is 9.89. The summed E-state index contributed by atoms with van der Waals surface area (Å²) >= 11 is 6.13. The van der Waals surface area contributed by atoms with E-state index in [0.29, 0.717) is 21.9 Å². The summed E-state index contributed by atoms with van der Waals surface area (Å²) in [5.41, 5.74) is 3.01. The lowest BCUT2D eigenvalue weighted by molar-refractivity contribution is -0.112. The maximum absolute atomic E-state index is 14.1. The molecule has 174 valence electrons. The normalized spacial score (nSPS) is 18.6. The molecule has 3 aromatic carbocycles. The monoisotopic (exact) mass is 492 g/mol. The molecule has 0 N–H and O–H groups in total. The molecule has 1 heterocycles. The van der Waals surface area contributed by atoms with Crippen molar-refractivity contribution in [1.82, 2.24) is 0 Å². The Labute approximate surface area is 205 Å². The van der Waals surface area contributed by atoms with Crippen LogP contribution in [0.5, 0.6) is 0 Å². The number of sulfone groups is 1. The van der Waals surface area contributed by atoms with Gasteiger partial charge in [-0.1, -0.05) is 71.8 Å². The highest BCUT2D eigenvalue weighted by atomic mass is 35.5. The van der Waals surface area contributed by atoms with Crippen LogP contribution in [0, 0.1) is 6.92 Å². The van der Waals surface area contributed by atoms with Crippen LogP contribution in [0.2, 0.25) is 5.02 Å². The fourth-order valence-corrected chi connectivity index (χ4v) is 6.10. The van der Waals surface area contributed by atoms with E-state index >= 15 is 0 Å². The van der Waals surface area contributed by atoms with Gasteiger partial charge in [0, 0.05) is 10.6 Å². The maximum atomic E-state index is 14.1. The molecule has 0 bridgehead atoms. The smallest absolute Gasteiger partial charge is 0.207 e. The molecule has 0 fully saturated rings. The van der Waals surface area contributed by atoms with Gasteiger partial charge in [-0.15, -0.1) is 0 Å². The average Bonchev–Trinajstić information content (AvgIpc) is 3.22. The molecule has 0 unspecified atom stereocenters. The number of halogens is 1.